The Labute approximate surface area is 241 Å². The molecule has 5 aromatic rings. The fourth-order valence-corrected chi connectivity index (χ4v) is 5.19. The minimum atomic E-state index is 0.0646. The van der Waals surface area contributed by atoms with Crippen LogP contribution < -0.4 is 0 Å². The van der Waals surface area contributed by atoms with E-state index in [2.05, 4.69) is 98.5 Å². The maximum atomic E-state index is 6.69. The highest BCUT2D eigenvalue weighted by molar-refractivity contribution is 7.71. The molecule has 1 aromatic heterocycles. The van der Waals surface area contributed by atoms with Gasteiger partial charge in [-0.3, -0.25) is 9.47 Å². The Morgan fingerprint density at radius 3 is 1.82 bits per heavy atom. The first kappa shape index (κ1) is 27.1. The number of aromatic nitrogens is 3. The molecule has 0 bridgehead atoms. The molecule has 39 heavy (non-hydrogen) atoms. The summed E-state index contributed by atoms with van der Waals surface area (Å²) in [7, 11) is 0. The molecular weight excluding hydrogens is 520 g/mol. The van der Waals surface area contributed by atoms with Crippen LogP contribution in [0, 0.1) is 4.77 Å². The topological polar surface area (TPSA) is 26.0 Å². The van der Waals surface area contributed by atoms with E-state index < -0.39 is 0 Å². The number of hydrogen-bond acceptors (Lipinski definition) is 3. The van der Waals surface area contributed by atoms with Crippen LogP contribution in [0.5, 0.6) is 0 Å². The van der Waals surface area contributed by atoms with Gasteiger partial charge in [0.15, 0.2) is 5.82 Å². The molecule has 5 rings (SSSR count). The van der Waals surface area contributed by atoms with Crippen LogP contribution in [0.3, 0.4) is 0 Å². The van der Waals surface area contributed by atoms with Crippen LogP contribution in [0.2, 0.25) is 5.02 Å². The van der Waals surface area contributed by atoms with E-state index in [9.17, 15) is 0 Å². The van der Waals surface area contributed by atoms with E-state index in [-0.39, 0.29) is 5.41 Å². The van der Waals surface area contributed by atoms with Crippen LogP contribution in [-0.4, -0.2) is 19.2 Å². The van der Waals surface area contributed by atoms with Crippen LogP contribution in [0.25, 0.3) is 17.1 Å². The average molecular weight is 553 g/mol. The lowest BCUT2D eigenvalue weighted by atomic mass is 9.87. The predicted molar refractivity (Wildman–Crippen MR) is 164 cm³/mol. The van der Waals surface area contributed by atoms with Crippen molar-refractivity contribution in [1.82, 2.24) is 19.2 Å². The van der Waals surface area contributed by atoms with Gasteiger partial charge in [-0.15, -0.1) is 5.10 Å². The van der Waals surface area contributed by atoms with Gasteiger partial charge in [0.1, 0.15) is 0 Å². The Morgan fingerprint density at radius 2 is 1.28 bits per heavy atom. The summed E-state index contributed by atoms with van der Waals surface area (Å²) in [6, 6.07) is 37.4. The van der Waals surface area contributed by atoms with Crippen molar-refractivity contribution < 1.29 is 0 Å². The van der Waals surface area contributed by atoms with Crippen LogP contribution in [0.4, 0.5) is 0 Å². The van der Waals surface area contributed by atoms with Crippen molar-refractivity contribution in [2.24, 2.45) is 0 Å². The monoisotopic (exact) mass is 552 g/mol. The minimum absolute atomic E-state index is 0.0646. The van der Waals surface area contributed by atoms with Gasteiger partial charge in [0.2, 0.25) is 4.77 Å². The van der Waals surface area contributed by atoms with Gasteiger partial charge in [-0.05, 0) is 46.5 Å². The van der Waals surface area contributed by atoms with Crippen LogP contribution in [0.1, 0.15) is 37.5 Å². The van der Waals surface area contributed by atoms with Gasteiger partial charge in [-0.25, -0.2) is 4.68 Å². The minimum Gasteiger partial charge on any atom is -0.276 e. The van der Waals surface area contributed by atoms with Crippen molar-refractivity contribution in [1.29, 1.82) is 0 Å². The van der Waals surface area contributed by atoms with Crippen LogP contribution in [0.15, 0.2) is 109 Å². The molecule has 4 aromatic carbocycles. The van der Waals surface area contributed by atoms with Gasteiger partial charge < -0.3 is 0 Å². The SMILES string of the molecule is CC(C)(C)c1ccc(-c2nn(CN(Cc3ccccc3)Cc3ccccc3)c(=S)n2-c2ccccc2Cl)cc1. The van der Waals surface area contributed by atoms with Crippen LogP contribution >= 0.6 is 23.8 Å². The fraction of sp³-hybridized carbons (Fsp3) is 0.212. The molecule has 0 saturated carbocycles. The number of benzene rings is 4. The molecule has 0 atom stereocenters. The Balaban J connectivity index is 1.57. The van der Waals surface area contributed by atoms with E-state index in [1.165, 1.54) is 16.7 Å². The van der Waals surface area contributed by atoms with E-state index in [1.807, 2.05) is 45.6 Å². The molecule has 6 heteroatoms. The van der Waals surface area contributed by atoms with E-state index >= 15 is 0 Å². The van der Waals surface area contributed by atoms with Gasteiger partial charge in [-0.2, -0.15) is 0 Å². The normalized spacial score (nSPS) is 11.7. The lowest BCUT2D eigenvalue weighted by molar-refractivity contribution is 0.188. The first-order valence-electron chi connectivity index (χ1n) is 13.2. The highest BCUT2D eigenvalue weighted by atomic mass is 35.5. The highest BCUT2D eigenvalue weighted by Crippen LogP contribution is 2.30. The molecule has 198 valence electrons. The quantitative estimate of drug-likeness (QED) is 0.180. The van der Waals surface area contributed by atoms with Gasteiger partial charge in [0, 0.05) is 18.7 Å². The van der Waals surface area contributed by atoms with Gasteiger partial charge in [0.25, 0.3) is 0 Å². The second kappa shape index (κ2) is 11.7. The van der Waals surface area contributed by atoms with Gasteiger partial charge in [-0.1, -0.05) is 129 Å². The molecule has 0 saturated heterocycles. The Morgan fingerprint density at radius 1 is 0.744 bits per heavy atom. The maximum Gasteiger partial charge on any atom is 0.204 e. The summed E-state index contributed by atoms with van der Waals surface area (Å²) < 4.78 is 4.51. The summed E-state index contributed by atoms with van der Waals surface area (Å²) >= 11 is 12.8. The van der Waals surface area contributed by atoms with E-state index in [4.69, 9.17) is 28.9 Å². The lowest BCUT2D eigenvalue weighted by Crippen LogP contribution is -2.26. The molecule has 4 nitrogen and oxygen atoms in total. The number of halogens is 1. The Hall–Kier alpha value is -3.51. The molecule has 0 amide bonds. The average Bonchev–Trinajstić information content (AvgIpc) is 3.25. The largest absolute Gasteiger partial charge is 0.276 e. The molecule has 0 radical (unpaired) electrons. The third-order valence-corrected chi connectivity index (χ3v) is 7.49. The molecule has 0 spiro atoms. The summed E-state index contributed by atoms with van der Waals surface area (Å²) in [4.78, 5) is 2.36. The Kier molecular flexibility index (Phi) is 8.12. The number of hydrogen-bond donors (Lipinski definition) is 0. The number of nitrogens with zero attached hydrogens (tertiary/aromatic N) is 4. The third kappa shape index (κ3) is 6.39. The second-order valence-corrected chi connectivity index (χ2v) is 11.6. The summed E-state index contributed by atoms with van der Waals surface area (Å²) in [6.45, 7) is 8.73. The highest BCUT2D eigenvalue weighted by Gasteiger charge is 2.20. The zero-order valence-corrected chi connectivity index (χ0v) is 24.2. The first-order valence-corrected chi connectivity index (χ1v) is 13.9. The lowest BCUT2D eigenvalue weighted by Gasteiger charge is -2.22. The van der Waals surface area contributed by atoms with E-state index in [0.29, 0.717) is 16.5 Å². The standard InChI is InChI=1S/C33H33ClN4S/c1-33(2,3)28-20-18-27(19-21-28)31-35-37(32(39)38(31)30-17-11-10-16-29(30)34)24-36(22-25-12-6-4-7-13-25)23-26-14-8-5-9-15-26/h4-21H,22-24H2,1-3H3. The Bertz CT molecular complexity index is 1540. The smallest absolute Gasteiger partial charge is 0.204 e. The summed E-state index contributed by atoms with van der Waals surface area (Å²) in [6.07, 6.45) is 0. The molecule has 0 fully saturated rings. The van der Waals surface area contributed by atoms with Crippen molar-refractivity contribution in [3.8, 4) is 17.1 Å². The summed E-state index contributed by atoms with van der Waals surface area (Å²) in [5, 5.41) is 5.72. The fourth-order valence-electron chi connectivity index (χ4n) is 4.68. The van der Waals surface area contributed by atoms with Crippen molar-refractivity contribution >= 4 is 23.8 Å². The van der Waals surface area contributed by atoms with E-state index in [0.717, 1.165) is 30.2 Å². The molecule has 0 aliphatic carbocycles. The van der Waals surface area contributed by atoms with Crippen molar-refractivity contribution in [2.75, 3.05) is 0 Å². The number of rotatable bonds is 8. The van der Waals surface area contributed by atoms with Crippen LogP contribution in [-0.2, 0) is 25.2 Å². The number of para-hydroxylation sites is 1. The molecule has 0 aliphatic rings. The van der Waals surface area contributed by atoms with E-state index in [1.54, 1.807) is 0 Å². The van der Waals surface area contributed by atoms with Crippen molar-refractivity contribution in [2.45, 2.75) is 45.9 Å². The van der Waals surface area contributed by atoms with Gasteiger partial charge >= 0.3 is 0 Å². The zero-order chi connectivity index (χ0) is 27.4. The molecule has 0 unspecified atom stereocenters. The first-order chi connectivity index (χ1) is 18.8. The van der Waals surface area contributed by atoms with Crippen molar-refractivity contribution in [3.05, 3.63) is 136 Å². The zero-order valence-electron chi connectivity index (χ0n) is 22.6. The predicted octanol–water partition coefficient (Wildman–Crippen LogP) is 8.68. The molecule has 1 heterocycles. The summed E-state index contributed by atoms with van der Waals surface area (Å²) in [5.41, 5.74) is 5.63. The molecule has 0 N–H and O–H groups in total. The second-order valence-electron chi connectivity index (χ2n) is 10.8. The summed E-state index contributed by atoms with van der Waals surface area (Å²) in [5.74, 6) is 0.771. The van der Waals surface area contributed by atoms with Gasteiger partial charge in [0.05, 0.1) is 17.4 Å². The maximum absolute atomic E-state index is 6.69. The molecular formula is C33H33ClN4S. The third-order valence-electron chi connectivity index (χ3n) is 6.77. The van der Waals surface area contributed by atoms with Crippen molar-refractivity contribution in [3.63, 3.8) is 0 Å². The molecule has 0 aliphatic heterocycles.